The highest BCUT2D eigenvalue weighted by molar-refractivity contribution is 7.94. The summed E-state index contributed by atoms with van der Waals surface area (Å²) in [5.74, 6) is -0.253. The summed E-state index contributed by atoms with van der Waals surface area (Å²) >= 11 is 0. The molecule has 4 N–H and O–H groups in total. The molecule has 0 aliphatic rings. The molecule has 0 saturated heterocycles. The Morgan fingerprint density at radius 3 is 2.18 bits per heavy atom. The van der Waals surface area contributed by atoms with Gasteiger partial charge in [-0.3, -0.25) is 4.79 Å². The minimum absolute atomic E-state index is 0.0885. The Labute approximate surface area is 166 Å². The Bertz CT molecular complexity index is 739. The van der Waals surface area contributed by atoms with Gasteiger partial charge in [-0.05, 0) is 18.2 Å². The lowest BCUT2D eigenvalue weighted by atomic mass is 10.1. The Morgan fingerprint density at radius 1 is 1.04 bits per heavy atom. The standard InChI is InChI=1S/C18H29N3O6S/c1-3-28(23,24)13-12-27-11-10-26-9-8-25-7-6-21(2)18(22)15-4-5-16(19)17(20)14-15/h3-5,14H,1,6-13,19-20H2,2H3. The van der Waals surface area contributed by atoms with Gasteiger partial charge < -0.3 is 30.6 Å². The summed E-state index contributed by atoms with van der Waals surface area (Å²) in [5, 5.41) is 0.917. The van der Waals surface area contributed by atoms with E-state index in [1.165, 1.54) is 4.90 Å². The van der Waals surface area contributed by atoms with E-state index in [0.717, 1.165) is 5.41 Å². The number of hydrogen-bond acceptors (Lipinski definition) is 8. The molecule has 1 rings (SSSR count). The summed E-state index contributed by atoms with van der Waals surface area (Å²) in [6, 6.07) is 4.79. The van der Waals surface area contributed by atoms with Crippen LogP contribution in [0.2, 0.25) is 0 Å². The van der Waals surface area contributed by atoms with E-state index in [4.69, 9.17) is 25.7 Å². The first kappa shape index (κ1) is 23.9. The summed E-state index contributed by atoms with van der Waals surface area (Å²) in [7, 11) is -1.54. The molecule has 0 unspecified atom stereocenters. The molecule has 0 aromatic heterocycles. The molecule has 0 heterocycles. The van der Waals surface area contributed by atoms with Crippen molar-refractivity contribution in [1.82, 2.24) is 4.90 Å². The predicted molar refractivity (Wildman–Crippen MR) is 109 cm³/mol. The third kappa shape index (κ3) is 9.18. The zero-order valence-corrected chi connectivity index (χ0v) is 16.9. The maximum atomic E-state index is 12.3. The second-order valence-corrected chi connectivity index (χ2v) is 8.01. The van der Waals surface area contributed by atoms with Crippen molar-refractivity contribution in [3.8, 4) is 0 Å². The van der Waals surface area contributed by atoms with Gasteiger partial charge in [-0.15, -0.1) is 0 Å². The van der Waals surface area contributed by atoms with Gasteiger partial charge in [0.15, 0.2) is 9.84 Å². The van der Waals surface area contributed by atoms with Gasteiger partial charge in [-0.25, -0.2) is 8.42 Å². The monoisotopic (exact) mass is 415 g/mol. The van der Waals surface area contributed by atoms with Crippen LogP contribution in [0.15, 0.2) is 30.2 Å². The molecule has 1 amide bonds. The zero-order valence-electron chi connectivity index (χ0n) is 16.1. The van der Waals surface area contributed by atoms with E-state index in [0.29, 0.717) is 56.5 Å². The molecule has 28 heavy (non-hydrogen) atoms. The molecule has 0 bridgehead atoms. The number of ether oxygens (including phenoxy) is 3. The molecule has 9 nitrogen and oxygen atoms in total. The van der Waals surface area contributed by atoms with Crippen molar-refractivity contribution >= 4 is 27.1 Å². The van der Waals surface area contributed by atoms with Crippen LogP contribution in [0.25, 0.3) is 0 Å². The van der Waals surface area contributed by atoms with Crippen LogP contribution >= 0.6 is 0 Å². The summed E-state index contributed by atoms with van der Waals surface area (Å²) < 4.78 is 38.2. The smallest absolute Gasteiger partial charge is 0.253 e. The van der Waals surface area contributed by atoms with Crippen molar-refractivity contribution in [2.24, 2.45) is 0 Å². The molecule has 0 atom stereocenters. The lowest BCUT2D eigenvalue weighted by Crippen LogP contribution is -2.30. The van der Waals surface area contributed by atoms with Crippen LogP contribution < -0.4 is 11.5 Å². The lowest BCUT2D eigenvalue weighted by Gasteiger charge is -2.17. The molecule has 0 radical (unpaired) electrons. The number of amides is 1. The number of rotatable bonds is 14. The van der Waals surface area contributed by atoms with Crippen LogP contribution in [0.3, 0.4) is 0 Å². The molecule has 0 spiro atoms. The number of hydrogen-bond donors (Lipinski definition) is 2. The van der Waals surface area contributed by atoms with Gasteiger partial charge in [0.25, 0.3) is 5.91 Å². The number of likely N-dealkylation sites (N-methyl/N-ethyl adjacent to an activating group) is 1. The summed E-state index contributed by atoms with van der Waals surface area (Å²) in [6.07, 6.45) is 0. The highest BCUT2D eigenvalue weighted by atomic mass is 32.2. The molecule has 1 aromatic rings. The largest absolute Gasteiger partial charge is 0.397 e. The van der Waals surface area contributed by atoms with Crippen molar-refractivity contribution in [2.45, 2.75) is 0 Å². The van der Waals surface area contributed by atoms with Gasteiger partial charge in [0.1, 0.15) is 0 Å². The molecule has 0 aliphatic carbocycles. The highest BCUT2D eigenvalue weighted by Gasteiger charge is 2.12. The maximum absolute atomic E-state index is 12.3. The number of sulfone groups is 1. The molecule has 1 aromatic carbocycles. The van der Waals surface area contributed by atoms with Crippen LogP contribution in [0.4, 0.5) is 11.4 Å². The van der Waals surface area contributed by atoms with Crippen molar-refractivity contribution in [1.29, 1.82) is 0 Å². The Hall–Kier alpha value is -2.14. The van der Waals surface area contributed by atoms with Crippen molar-refractivity contribution < 1.29 is 27.4 Å². The van der Waals surface area contributed by atoms with E-state index in [9.17, 15) is 13.2 Å². The van der Waals surface area contributed by atoms with Crippen molar-refractivity contribution in [3.05, 3.63) is 35.7 Å². The van der Waals surface area contributed by atoms with Crippen LogP contribution in [0, 0.1) is 0 Å². The molecular weight excluding hydrogens is 386 g/mol. The molecule has 10 heteroatoms. The number of nitrogen functional groups attached to an aromatic ring is 2. The number of anilines is 2. The first-order chi connectivity index (χ1) is 13.3. The van der Waals surface area contributed by atoms with E-state index in [1.807, 2.05) is 0 Å². The van der Waals surface area contributed by atoms with Crippen molar-refractivity contribution in [2.75, 3.05) is 70.5 Å². The van der Waals surface area contributed by atoms with Crippen LogP contribution in [0.5, 0.6) is 0 Å². The van der Waals surface area contributed by atoms with Gasteiger partial charge in [0.2, 0.25) is 0 Å². The fraction of sp³-hybridized carbons (Fsp3) is 0.500. The lowest BCUT2D eigenvalue weighted by molar-refractivity contribution is 0.0140. The van der Waals surface area contributed by atoms with Crippen LogP contribution in [-0.2, 0) is 24.0 Å². The summed E-state index contributed by atoms with van der Waals surface area (Å²) in [5.41, 5.74) is 12.6. The minimum atomic E-state index is -3.22. The Morgan fingerprint density at radius 2 is 1.61 bits per heavy atom. The van der Waals surface area contributed by atoms with E-state index < -0.39 is 9.84 Å². The first-order valence-electron chi connectivity index (χ1n) is 8.75. The van der Waals surface area contributed by atoms with Crippen molar-refractivity contribution in [3.63, 3.8) is 0 Å². The zero-order chi connectivity index (χ0) is 21.0. The Kier molecular flexibility index (Phi) is 10.5. The maximum Gasteiger partial charge on any atom is 0.253 e. The van der Waals surface area contributed by atoms with Gasteiger partial charge >= 0.3 is 0 Å². The number of carbonyl (C=O) groups excluding carboxylic acids is 1. The topological polar surface area (TPSA) is 134 Å². The normalized spacial score (nSPS) is 11.3. The number of benzene rings is 1. The fourth-order valence-corrected chi connectivity index (χ4v) is 2.55. The van der Waals surface area contributed by atoms with E-state index in [2.05, 4.69) is 6.58 Å². The molecule has 158 valence electrons. The Balaban J connectivity index is 2.05. The molecular formula is C18H29N3O6S. The SMILES string of the molecule is C=CS(=O)(=O)CCOCCOCCOCCN(C)C(=O)c1ccc(N)c(N)c1. The first-order valence-corrected chi connectivity index (χ1v) is 10.5. The summed E-state index contributed by atoms with van der Waals surface area (Å²) in [6.45, 7) is 5.51. The van der Waals surface area contributed by atoms with Gasteiger partial charge in [0.05, 0.1) is 56.8 Å². The van der Waals surface area contributed by atoms with Gasteiger partial charge in [-0.1, -0.05) is 6.58 Å². The second-order valence-electron chi connectivity index (χ2n) is 5.94. The molecule has 0 fully saturated rings. The number of nitrogens with two attached hydrogens (primary N) is 2. The van der Waals surface area contributed by atoms with Gasteiger partial charge in [-0.2, -0.15) is 0 Å². The van der Waals surface area contributed by atoms with Crippen LogP contribution in [0.1, 0.15) is 10.4 Å². The summed E-state index contributed by atoms with van der Waals surface area (Å²) in [4.78, 5) is 13.8. The third-order valence-electron chi connectivity index (χ3n) is 3.76. The highest BCUT2D eigenvalue weighted by Crippen LogP contribution is 2.16. The second kappa shape index (κ2) is 12.3. The minimum Gasteiger partial charge on any atom is -0.397 e. The van der Waals surface area contributed by atoms with E-state index in [-0.39, 0.29) is 18.3 Å². The fourth-order valence-electron chi connectivity index (χ4n) is 2.03. The molecule has 0 aliphatic heterocycles. The third-order valence-corrected chi connectivity index (χ3v) is 5.01. The quantitative estimate of drug-likeness (QED) is 0.332. The van der Waals surface area contributed by atoms with E-state index >= 15 is 0 Å². The number of carbonyl (C=O) groups is 1. The average Bonchev–Trinajstić information content (AvgIpc) is 2.67. The number of nitrogens with zero attached hydrogens (tertiary/aromatic N) is 1. The average molecular weight is 416 g/mol. The van der Waals surface area contributed by atoms with Gasteiger partial charge in [0, 0.05) is 24.6 Å². The molecule has 0 saturated carbocycles. The predicted octanol–water partition coefficient (Wildman–Crippen LogP) is 0.531. The van der Waals surface area contributed by atoms with Crippen LogP contribution in [-0.4, -0.2) is 78.2 Å². The van der Waals surface area contributed by atoms with E-state index in [1.54, 1.807) is 25.2 Å².